The highest BCUT2D eigenvalue weighted by Gasteiger charge is 2.48. The minimum atomic E-state index is -4.55. The fourth-order valence-electron chi connectivity index (χ4n) is 3.20. The third-order valence-corrected chi connectivity index (χ3v) is 6.10. The predicted octanol–water partition coefficient (Wildman–Crippen LogP) is 5.66. The van der Waals surface area contributed by atoms with E-state index in [0.29, 0.717) is 12.1 Å². The highest BCUT2D eigenvalue weighted by molar-refractivity contribution is 8.04. The summed E-state index contributed by atoms with van der Waals surface area (Å²) in [7, 11) is 0. The van der Waals surface area contributed by atoms with E-state index in [4.69, 9.17) is 0 Å². The second-order valence-electron chi connectivity index (χ2n) is 7.36. The number of halogens is 3. The zero-order valence-corrected chi connectivity index (χ0v) is 16.5. The van der Waals surface area contributed by atoms with E-state index in [1.807, 2.05) is 5.38 Å². The number of thioether (sulfide) groups is 1. The van der Waals surface area contributed by atoms with Gasteiger partial charge in [0.25, 0.3) is 0 Å². The molecule has 1 aliphatic rings. The lowest BCUT2D eigenvalue weighted by molar-refractivity contribution is -0.109. The molecule has 2 heterocycles. The summed E-state index contributed by atoms with van der Waals surface area (Å²) >= 11 is 2.50. The van der Waals surface area contributed by atoms with Crippen molar-refractivity contribution in [1.29, 1.82) is 0 Å². The standard InChI is InChI=1S/C17H23F3N2OS2/c1-10(8-16(3,4)5)13-12(6-7-24-13)22-11(2)25-15(21-9-23)14(22)17(18,19)20/h6-7,9-11H,8H2,1-5H3,(H,21,23). The van der Waals surface area contributed by atoms with Crippen LogP contribution < -0.4 is 10.2 Å². The molecule has 2 atom stereocenters. The van der Waals surface area contributed by atoms with Crippen LogP contribution in [-0.4, -0.2) is 18.0 Å². The number of hydrogen-bond donors (Lipinski definition) is 1. The topological polar surface area (TPSA) is 32.3 Å². The smallest absolute Gasteiger partial charge is 0.322 e. The van der Waals surface area contributed by atoms with Crippen molar-refractivity contribution >= 4 is 35.2 Å². The van der Waals surface area contributed by atoms with Crippen molar-refractivity contribution in [3.05, 3.63) is 27.0 Å². The molecule has 2 rings (SSSR count). The highest BCUT2D eigenvalue weighted by atomic mass is 32.2. The van der Waals surface area contributed by atoms with E-state index in [1.54, 1.807) is 13.0 Å². The normalized spacial score (nSPS) is 20.2. The molecule has 1 amide bonds. The first-order chi connectivity index (χ1) is 11.5. The molecule has 1 aromatic rings. The van der Waals surface area contributed by atoms with E-state index in [2.05, 4.69) is 33.0 Å². The second kappa shape index (κ2) is 7.23. The van der Waals surface area contributed by atoms with Crippen molar-refractivity contribution in [3.63, 3.8) is 0 Å². The van der Waals surface area contributed by atoms with Crippen molar-refractivity contribution < 1.29 is 18.0 Å². The first-order valence-electron chi connectivity index (χ1n) is 8.00. The molecule has 3 nitrogen and oxygen atoms in total. The monoisotopic (exact) mass is 392 g/mol. The number of allylic oxidation sites excluding steroid dienone is 1. The van der Waals surface area contributed by atoms with Crippen LogP contribution in [0.4, 0.5) is 18.9 Å². The number of anilines is 1. The van der Waals surface area contributed by atoms with Gasteiger partial charge in [-0.15, -0.1) is 11.3 Å². The molecule has 8 heteroatoms. The van der Waals surface area contributed by atoms with Crippen molar-refractivity contribution in [2.75, 3.05) is 4.90 Å². The molecule has 25 heavy (non-hydrogen) atoms. The summed E-state index contributed by atoms with van der Waals surface area (Å²) in [6.45, 7) is 10.1. The number of amides is 1. The van der Waals surface area contributed by atoms with Crippen LogP contribution in [0.25, 0.3) is 0 Å². The van der Waals surface area contributed by atoms with Gasteiger partial charge in [0.1, 0.15) is 5.03 Å². The molecule has 2 unspecified atom stereocenters. The lowest BCUT2D eigenvalue weighted by atomic mass is 9.84. The Hall–Kier alpha value is -1.15. The van der Waals surface area contributed by atoms with E-state index in [-0.39, 0.29) is 16.4 Å². The summed E-state index contributed by atoms with van der Waals surface area (Å²) < 4.78 is 41.1. The Morgan fingerprint density at radius 1 is 1.36 bits per heavy atom. The van der Waals surface area contributed by atoms with Crippen LogP contribution in [0.5, 0.6) is 0 Å². The molecule has 0 saturated carbocycles. The Kier molecular flexibility index (Phi) is 5.83. The molecule has 0 spiro atoms. The fraction of sp³-hybridized carbons (Fsp3) is 0.588. The summed E-state index contributed by atoms with van der Waals surface area (Å²) in [5.74, 6) is 0.143. The molecule has 1 aliphatic heterocycles. The van der Waals surface area contributed by atoms with Gasteiger partial charge < -0.3 is 10.2 Å². The molecule has 1 N–H and O–H groups in total. The summed E-state index contributed by atoms with van der Waals surface area (Å²) in [5.41, 5.74) is -0.129. The molecule has 0 bridgehead atoms. The third kappa shape index (κ3) is 4.53. The van der Waals surface area contributed by atoms with Crippen LogP contribution in [0.15, 0.2) is 22.2 Å². The largest absolute Gasteiger partial charge is 0.434 e. The van der Waals surface area contributed by atoms with Gasteiger partial charge in [-0.1, -0.05) is 39.5 Å². The summed E-state index contributed by atoms with van der Waals surface area (Å²) in [6, 6.07) is 1.74. The van der Waals surface area contributed by atoms with Gasteiger partial charge in [-0.2, -0.15) is 13.2 Å². The number of hydrogen-bond acceptors (Lipinski definition) is 4. The second-order valence-corrected chi connectivity index (χ2v) is 9.63. The number of nitrogens with zero attached hydrogens (tertiary/aromatic N) is 1. The molecule has 1 aromatic heterocycles. The number of carbonyl (C=O) groups excluding carboxylic acids is 1. The van der Waals surface area contributed by atoms with Crippen molar-refractivity contribution in [1.82, 2.24) is 5.32 Å². The summed E-state index contributed by atoms with van der Waals surface area (Å²) in [6.07, 6.45) is -3.38. The predicted molar refractivity (Wildman–Crippen MR) is 98.6 cm³/mol. The fourth-order valence-corrected chi connectivity index (χ4v) is 5.25. The lowest BCUT2D eigenvalue weighted by Gasteiger charge is -2.30. The Balaban J connectivity index is 2.47. The van der Waals surface area contributed by atoms with Crippen LogP contribution in [-0.2, 0) is 4.79 Å². The van der Waals surface area contributed by atoms with Crippen LogP contribution in [0, 0.1) is 5.41 Å². The Morgan fingerprint density at radius 3 is 2.52 bits per heavy atom. The number of thiophene rings is 1. The van der Waals surface area contributed by atoms with Gasteiger partial charge >= 0.3 is 6.18 Å². The summed E-state index contributed by atoms with van der Waals surface area (Å²) in [5, 5.41) is 3.46. The quantitative estimate of drug-likeness (QED) is 0.656. The number of alkyl halides is 3. The summed E-state index contributed by atoms with van der Waals surface area (Å²) in [4.78, 5) is 13.0. The number of carbonyl (C=O) groups is 1. The molecule has 0 saturated heterocycles. The first-order valence-corrected chi connectivity index (χ1v) is 9.76. The first kappa shape index (κ1) is 20.2. The average molecular weight is 393 g/mol. The average Bonchev–Trinajstić information content (AvgIpc) is 3.00. The maximum atomic E-state index is 13.7. The van der Waals surface area contributed by atoms with E-state index >= 15 is 0 Å². The van der Waals surface area contributed by atoms with Crippen LogP contribution in [0.1, 0.15) is 51.8 Å². The van der Waals surface area contributed by atoms with Crippen LogP contribution in [0.3, 0.4) is 0 Å². The number of rotatable bonds is 5. The van der Waals surface area contributed by atoms with Crippen molar-refractivity contribution in [2.24, 2.45) is 5.41 Å². The molecular formula is C17H23F3N2OS2. The van der Waals surface area contributed by atoms with E-state index in [0.717, 1.165) is 23.1 Å². The van der Waals surface area contributed by atoms with Gasteiger partial charge in [0.2, 0.25) is 6.41 Å². The van der Waals surface area contributed by atoms with Gasteiger partial charge in [0, 0.05) is 4.88 Å². The molecule has 0 aliphatic carbocycles. The van der Waals surface area contributed by atoms with Crippen molar-refractivity contribution in [3.8, 4) is 0 Å². The lowest BCUT2D eigenvalue weighted by Crippen LogP contribution is -2.34. The SMILES string of the molecule is CC(CC(C)(C)C)c1sccc1N1C(C(F)(F)F)=C(NC=O)SC1C. The highest BCUT2D eigenvalue weighted by Crippen LogP contribution is 2.50. The Bertz CT molecular complexity index is 662. The zero-order chi connectivity index (χ0) is 19.0. The van der Waals surface area contributed by atoms with E-state index in [9.17, 15) is 18.0 Å². The Morgan fingerprint density at radius 2 is 2.00 bits per heavy atom. The zero-order valence-electron chi connectivity index (χ0n) is 14.9. The molecule has 0 aromatic carbocycles. The number of nitrogens with one attached hydrogen (secondary N) is 1. The Labute approximate surface area is 154 Å². The molecule has 140 valence electrons. The van der Waals surface area contributed by atoms with Gasteiger partial charge in [-0.25, -0.2) is 0 Å². The minimum Gasteiger partial charge on any atom is -0.322 e. The molecular weight excluding hydrogens is 369 g/mol. The minimum absolute atomic E-state index is 0.0823. The van der Waals surface area contributed by atoms with E-state index in [1.165, 1.54) is 16.2 Å². The maximum Gasteiger partial charge on any atom is 0.434 e. The van der Waals surface area contributed by atoms with Gasteiger partial charge in [0.05, 0.1) is 11.1 Å². The van der Waals surface area contributed by atoms with Crippen LogP contribution in [0.2, 0.25) is 0 Å². The van der Waals surface area contributed by atoms with Crippen molar-refractivity contribution in [2.45, 2.75) is 58.5 Å². The third-order valence-electron chi connectivity index (χ3n) is 3.87. The van der Waals surface area contributed by atoms with E-state index < -0.39 is 17.2 Å². The molecule has 0 fully saturated rings. The van der Waals surface area contributed by atoms with Gasteiger partial charge in [-0.05, 0) is 36.1 Å². The van der Waals surface area contributed by atoms with Gasteiger partial charge in [-0.3, -0.25) is 4.79 Å². The maximum absolute atomic E-state index is 13.7. The van der Waals surface area contributed by atoms with Gasteiger partial charge in [0.15, 0.2) is 5.70 Å². The van der Waals surface area contributed by atoms with Crippen LogP contribution >= 0.6 is 23.1 Å². The molecule has 0 radical (unpaired) electrons.